The molecule has 7 nitrogen and oxygen atoms in total. The van der Waals surface area contributed by atoms with Gasteiger partial charge in [0.1, 0.15) is 9.84 Å². The van der Waals surface area contributed by atoms with Crippen LogP contribution in [0, 0.1) is 0 Å². The molecule has 0 amide bonds. The molecule has 0 unspecified atom stereocenters. The molecule has 1 aliphatic rings. The Balaban J connectivity index is 0.00000364. The first-order valence-electron chi connectivity index (χ1n) is 8.55. The molecule has 0 atom stereocenters. The summed E-state index contributed by atoms with van der Waals surface area (Å²) < 4.78 is 28.3. The van der Waals surface area contributed by atoms with Crippen LogP contribution in [0.5, 0.6) is 0 Å². The molecule has 0 saturated carbocycles. The summed E-state index contributed by atoms with van der Waals surface area (Å²) in [6, 6.07) is 4.03. The number of nitrogens with one attached hydrogen (secondary N) is 1. The standard InChI is InChI=1S/C16H27ClN4O3S2.HI/c1-18-16(19-5-10-24-11-12-26(2,22)23)21-8-6-20(7-9-21)13-14-3-4-15(17)25-14;/h3-4H,5-13H2,1-2H3,(H,18,19);1H. The van der Waals surface area contributed by atoms with E-state index in [0.717, 1.165) is 43.0 Å². The van der Waals surface area contributed by atoms with Crippen molar-refractivity contribution in [3.8, 4) is 0 Å². The van der Waals surface area contributed by atoms with Gasteiger partial charge in [0.15, 0.2) is 5.96 Å². The molecular formula is C16H28ClIN4O3S2. The minimum Gasteiger partial charge on any atom is -0.379 e. The van der Waals surface area contributed by atoms with Crippen LogP contribution in [-0.4, -0.2) is 89.2 Å². The lowest BCUT2D eigenvalue weighted by Gasteiger charge is -2.36. The number of ether oxygens (including phenoxy) is 1. The van der Waals surface area contributed by atoms with E-state index in [2.05, 4.69) is 26.2 Å². The van der Waals surface area contributed by atoms with Crippen LogP contribution in [-0.2, 0) is 21.1 Å². The third-order valence-corrected chi connectivity index (χ3v) is 6.14. The van der Waals surface area contributed by atoms with Crippen LogP contribution in [0.15, 0.2) is 17.1 Å². The van der Waals surface area contributed by atoms with E-state index in [0.29, 0.717) is 13.2 Å². The van der Waals surface area contributed by atoms with E-state index in [-0.39, 0.29) is 36.3 Å². The van der Waals surface area contributed by atoms with Crippen LogP contribution in [0.1, 0.15) is 4.88 Å². The van der Waals surface area contributed by atoms with Gasteiger partial charge in [-0.15, -0.1) is 35.3 Å². The molecule has 1 fully saturated rings. The Morgan fingerprint density at radius 3 is 2.56 bits per heavy atom. The van der Waals surface area contributed by atoms with Gasteiger partial charge in [-0.3, -0.25) is 9.89 Å². The average Bonchev–Trinajstić information content (AvgIpc) is 2.99. The molecule has 1 N–H and O–H groups in total. The van der Waals surface area contributed by atoms with E-state index in [1.807, 2.05) is 6.07 Å². The molecule has 11 heteroatoms. The van der Waals surface area contributed by atoms with Gasteiger partial charge in [0, 0.05) is 57.4 Å². The maximum Gasteiger partial charge on any atom is 0.193 e. The van der Waals surface area contributed by atoms with Gasteiger partial charge in [0.05, 0.1) is 23.3 Å². The number of nitrogens with zero attached hydrogens (tertiary/aromatic N) is 3. The van der Waals surface area contributed by atoms with E-state index in [4.69, 9.17) is 16.3 Å². The van der Waals surface area contributed by atoms with Crippen molar-refractivity contribution in [3.63, 3.8) is 0 Å². The minimum atomic E-state index is -2.96. The van der Waals surface area contributed by atoms with Crippen LogP contribution in [0.4, 0.5) is 0 Å². The second-order valence-corrected chi connectivity index (χ2v) is 10.2. The van der Waals surface area contributed by atoms with Crippen molar-refractivity contribution in [2.75, 3.05) is 65.0 Å². The summed E-state index contributed by atoms with van der Waals surface area (Å²) in [4.78, 5) is 10.3. The van der Waals surface area contributed by atoms with Crippen molar-refractivity contribution in [2.45, 2.75) is 6.54 Å². The number of sulfone groups is 1. The fourth-order valence-electron chi connectivity index (χ4n) is 2.65. The first-order chi connectivity index (χ1) is 12.4. The zero-order valence-electron chi connectivity index (χ0n) is 15.7. The summed E-state index contributed by atoms with van der Waals surface area (Å²) in [6.07, 6.45) is 1.21. The van der Waals surface area contributed by atoms with Gasteiger partial charge in [0.2, 0.25) is 0 Å². The smallest absolute Gasteiger partial charge is 0.193 e. The molecule has 0 aromatic carbocycles. The highest BCUT2D eigenvalue weighted by molar-refractivity contribution is 14.0. The molecule has 2 heterocycles. The van der Waals surface area contributed by atoms with Gasteiger partial charge in [0.25, 0.3) is 0 Å². The van der Waals surface area contributed by atoms with Crippen LogP contribution in [0.3, 0.4) is 0 Å². The summed E-state index contributed by atoms with van der Waals surface area (Å²) in [7, 11) is -1.19. The van der Waals surface area contributed by atoms with Crippen LogP contribution < -0.4 is 5.32 Å². The summed E-state index contributed by atoms with van der Waals surface area (Å²) in [5.41, 5.74) is 0. The molecule has 1 aliphatic heterocycles. The number of hydrogen-bond acceptors (Lipinski definition) is 6. The molecule has 1 saturated heterocycles. The van der Waals surface area contributed by atoms with Gasteiger partial charge in [-0.1, -0.05) is 11.6 Å². The van der Waals surface area contributed by atoms with Gasteiger partial charge >= 0.3 is 0 Å². The van der Waals surface area contributed by atoms with Gasteiger partial charge in [-0.05, 0) is 12.1 Å². The molecule has 2 rings (SSSR count). The zero-order valence-corrected chi connectivity index (χ0v) is 20.4. The van der Waals surface area contributed by atoms with Crippen molar-refractivity contribution in [1.82, 2.24) is 15.1 Å². The topological polar surface area (TPSA) is 74.2 Å². The van der Waals surface area contributed by atoms with E-state index in [1.165, 1.54) is 11.1 Å². The molecule has 0 aliphatic carbocycles. The van der Waals surface area contributed by atoms with E-state index in [9.17, 15) is 8.42 Å². The van der Waals surface area contributed by atoms with Crippen molar-refractivity contribution in [2.24, 2.45) is 4.99 Å². The maximum atomic E-state index is 11.0. The quantitative estimate of drug-likeness (QED) is 0.230. The second-order valence-electron chi connectivity index (χ2n) is 6.19. The lowest BCUT2D eigenvalue weighted by molar-refractivity contribution is 0.150. The highest BCUT2D eigenvalue weighted by Gasteiger charge is 2.19. The number of piperazine rings is 1. The third kappa shape index (κ3) is 9.75. The molecular weight excluding hydrogens is 523 g/mol. The predicted molar refractivity (Wildman–Crippen MR) is 123 cm³/mol. The number of thiophene rings is 1. The molecule has 27 heavy (non-hydrogen) atoms. The highest BCUT2D eigenvalue weighted by Crippen LogP contribution is 2.23. The minimum absolute atomic E-state index is 0. The molecule has 156 valence electrons. The second kappa shape index (κ2) is 12.4. The van der Waals surface area contributed by atoms with Gasteiger partial charge < -0.3 is 15.0 Å². The van der Waals surface area contributed by atoms with E-state index >= 15 is 0 Å². The number of halogens is 2. The van der Waals surface area contributed by atoms with Gasteiger partial charge in [-0.2, -0.15) is 0 Å². The van der Waals surface area contributed by atoms with Crippen molar-refractivity contribution >= 4 is 62.7 Å². The summed E-state index contributed by atoms with van der Waals surface area (Å²) >= 11 is 7.63. The third-order valence-electron chi connectivity index (χ3n) is 4.02. The Labute approximate surface area is 188 Å². The molecule has 1 aromatic rings. The molecule has 0 spiro atoms. The van der Waals surface area contributed by atoms with Gasteiger partial charge in [-0.25, -0.2) is 8.42 Å². The Morgan fingerprint density at radius 1 is 1.30 bits per heavy atom. The summed E-state index contributed by atoms with van der Waals surface area (Å²) in [6.45, 7) is 5.98. The van der Waals surface area contributed by atoms with E-state index < -0.39 is 9.84 Å². The Bertz CT molecular complexity index is 692. The highest BCUT2D eigenvalue weighted by atomic mass is 127. The Hall–Kier alpha value is -0.140. The largest absolute Gasteiger partial charge is 0.379 e. The fourth-order valence-corrected chi connectivity index (χ4v) is 4.21. The number of rotatable bonds is 8. The first kappa shape index (κ1) is 24.9. The fraction of sp³-hybridized carbons (Fsp3) is 0.688. The maximum absolute atomic E-state index is 11.0. The van der Waals surface area contributed by atoms with Crippen LogP contribution in [0.25, 0.3) is 0 Å². The summed E-state index contributed by atoms with van der Waals surface area (Å²) in [5.74, 6) is 0.912. The van der Waals surface area contributed by atoms with Crippen LogP contribution >= 0.6 is 46.9 Å². The van der Waals surface area contributed by atoms with Crippen molar-refractivity contribution in [3.05, 3.63) is 21.3 Å². The van der Waals surface area contributed by atoms with Crippen LogP contribution in [0.2, 0.25) is 4.34 Å². The average molecular weight is 551 g/mol. The monoisotopic (exact) mass is 550 g/mol. The Kier molecular flexibility index (Phi) is 11.5. The first-order valence-corrected chi connectivity index (χ1v) is 11.8. The van der Waals surface area contributed by atoms with E-state index in [1.54, 1.807) is 18.4 Å². The number of hydrogen-bond donors (Lipinski definition) is 1. The SMILES string of the molecule is CN=C(NCCOCCS(C)(=O)=O)N1CCN(Cc2ccc(Cl)s2)CC1.I. The molecule has 0 bridgehead atoms. The Morgan fingerprint density at radius 2 is 2.00 bits per heavy atom. The molecule has 0 radical (unpaired) electrons. The summed E-state index contributed by atoms with van der Waals surface area (Å²) in [5, 5.41) is 3.27. The van der Waals surface area contributed by atoms with Crippen molar-refractivity contribution in [1.29, 1.82) is 0 Å². The number of guanidine groups is 1. The number of aliphatic imine (C=N–C) groups is 1. The normalized spacial score (nSPS) is 16.3. The zero-order chi connectivity index (χ0) is 19.0. The lowest BCUT2D eigenvalue weighted by atomic mass is 10.3. The predicted octanol–water partition coefficient (Wildman–Crippen LogP) is 1.77. The molecule has 1 aromatic heterocycles. The van der Waals surface area contributed by atoms with Crippen molar-refractivity contribution < 1.29 is 13.2 Å². The lowest BCUT2D eigenvalue weighted by Crippen LogP contribution is -2.52.